The first-order chi connectivity index (χ1) is 10.7. The molecule has 2 aromatic rings. The van der Waals surface area contributed by atoms with E-state index in [1.807, 2.05) is 50.2 Å². The Labute approximate surface area is 130 Å². The number of carbonyl (C=O) groups excluding carboxylic acids is 1. The Balaban J connectivity index is 1.92. The molecule has 1 N–H and O–H groups in total. The molecule has 0 aliphatic rings. The Morgan fingerprint density at radius 2 is 2.09 bits per heavy atom. The van der Waals surface area contributed by atoms with Crippen molar-refractivity contribution in [2.24, 2.45) is 0 Å². The number of rotatable bonds is 6. The van der Waals surface area contributed by atoms with Crippen molar-refractivity contribution < 1.29 is 9.53 Å². The number of nitrogens with zero attached hydrogens (tertiary/aromatic N) is 1. The minimum atomic E-state index is -0.134. The van der Waals surface area contributed by atoms with E-state index in [-0.39, 0.29) is 11.9 Å². The fraction of sp³-hybridized carbons (Fsp3) is 0.222. The zero-order chi connectivity index (χ0) is 15.8. The number of amides is 1. The van der Waals surface area contributed by atoms with E-state index < -0.39 is 0 Å². The zero-order valence-electron chi connectivity index (χ0n) is 12.8. The number of hydrogen-bond acceptors (Lipinski definition) is 3. The van der Waals surface area contributed by atoms with Gasteiger partial charge in [-0.15, -0.1) is 0 Å². The predicted molar refractivity (Wildman–Crippen MR) is 87.4 cm³/mol. The molecule has 0 aliphatic carbocycles. The second-order valence-electron chi connectivity index (χ2n) is 4.85. The van der Waals surface area contributed by atoms with Gasteiger partial charge in [0.1, 0.15) is 5.75 Å². The second-order valence-corrected chi connectivity index (χ2v) is 4.85. The van der Waals surface area contributed by atoms with Crippen LogP contribution in [0.4, 0.5) is 0 Å². The molecule has 114 valence electrons. The summed E-state index contributed by atoms with van der Waals surface area (Å²) in [6.45, 7) is 4.54. The molecular weight excluding hydrogens is 276 g/mol. The molecule has 0 fully saturated rings. The van der Waals surface area contributed by atoms with Gasteiger partial charge in [0.15, 0.2) is 0 Å². The SMILES string of the molecule is CCOc1ccc(C(C)NC(=O)/C=C/c2cccnc2)cc1. The Morgan fingerprint density at radius 3 is 2.73 bits per heavy atom. The summed E-state index contributed by atoms with van der Waals surface area (Å²) in [6.07, 6.45) is 6.67. The minimum absolute atomic E-state index is 0.0678. The molecule has 4 heteroatoms. The van der Waals surface area contributed by atoms with Crippen LogP contribution in [-0.4, -0.2) is 17.5 Å². The molecular formula is C18H20N2O2. The molecule has 22 heavy (non-hydrogen) atoms. The number of benzene rings is 1. The molecule has 0 aliphatic heterocycles. The largest absolute Gasteiger partial charge is 0.494 e. The van der Waals surface area contributed by atoms with Gasteiger partial charge in [0.2, 0.25) is 5.91 Å². The molecule has 0 radical (unpaired) electrons. The number of pyridine rings is 1. The average Bonchev–Trinajstić information content (AvgIpc) is 2.55. The van der Waals surface area contributed by atoms with E-state index in [9.17, 15) is 4.79 Å². The van der Waals surface area contributed by atoms with E-state index in [1.54, 1.807) is 18.5 Å². The van der Waals surface area contributed by atoms with Crippen molar-refractivity contribution in [2.75, 3.05) is 6.61 Å². The van der Waals surface area contributed by atoms with E-state index >= 15 is 0 Å². The molecule has 1 atom stereocenters. The predicted octanol–water partition coefficient (Wildman–Crippen LogP) is 3.37. The van der Waals surface area contributed by atoms with E-state index in [4.69, 9.17) is 4.74 Å². The number of aromatic nitrogens is 1. The van der Waals surface area contributed by atoms with Crippen LogP contribution in [0.1, 0.15) is 31.0 Å². The van der Waals surface area contributed by atoms with Gasteiger partial charge in [0.25, 0.3) is 0 Å². The fourth-order valence-corrected chi connectivity index (χ4v) is 2.01. The van der Waals surface area contributed by atoms with E-state index in [1.165, 1.54) is 6.08 Å². The summed E-state index contributed by atoms with van der Waals surface area (Å²) < 4.78 is 5.40. The maximum absolute atomic E-state index is 11.9. The lowest BCUT2D eigenvalue weighted by Crippen LogP contribution is -2.24. The Kier molecular flexibility index (Phi) is 5.72. The molecule has 4 nitrogen and oxygen atoms in total. The molecule has 1 heterocycles. The van der Waals surface area contributed by atoms with Gasteiger partial charge >= 0.3 is 0 Å². The highest BCUT2D eigenvalue weighted by Crippen LogP contribution is 2.17. The second kappa shape index (κ2) is 7.98. The summed E-state index contributed by atoms with van der Waals surface area (Å²) in [5.41, 5.74) is 1.93. The molecule has 0 bridgehead atoms. The van der Waals surface area contributed by atoms with Crippen LogP contribution in [0, 0.1) is 0 Å². The summed E-state index contributed by atoms with van der Waals surface area (Å²) in [6, 6.07) is 11.4. The zero-order valence-corrected chi connectivity index (χ0v) is 12.8. The number of hydrogen-bond donors (Lipinski definition) is 1. The quantitative estimate of drug-likeness (QED) is 0.831. The standard InChI is InChI=1S/C18H20N2O2/c1-3-22-17-9-7-16(8-10-17)14(2)20-18(21)11-6-15-5-4-12-19-13-15/h4-14H,3H2,1-2H3,(H,20,21)/b11-6+. The van der Waals surface area contributed by atoms with Crippen molar-refractivity contribution in [1.82, 2.24) is 10.3 Å². The van der Waals surface area contributed by atoms with E-state index in [0.717, 1.165) is 16.9 Å². The number of ether oxygens (including phenoxy) is 1. The van der Waals surface area contributed by atoms with Gasteiger partial charge in [0.05, 0.1) is 12.6 Å². The molecule has 2 rings (SSSR count). The average molecular weight is 296 g/mol. The van der Waals surface area contributed by atoms with Crippen LogP contribution in [0.15, 0.2) is 54.9 Å². The topological polar surface area (TPSA) is 51.2 Å². The van der Waals surface area contributed by atoms with Crippen LogP contribution < -0.4 is 10.1 Å². The minimum Gasteiger partial charge on any atom is -0.494 e. The first-order valence-electron chi connectivity index (χ1n) is 7.30. The van der Waals surface area contributed by atoms with E-state index in [0.29, 0.717) is 6.61 Å². The smallest absolute Gasteiger partial charge is 0.244 e. The summed E-state index contributed by atoms with van der Waals surface area (Å²) in [4.78, 5) is 15.9. The summed E-state index contributed by atoms with van der Waals surface area (Å²) in [5.74, 6) is 0.700. The third-order valence-corrected chi connectivity index (χ3v) is 3.16. The molecule has 1 aromatic carbocycles. The first-order valence-corrected chi connectivity index (χ1v) is 7.30. The molecule has 1 amide bonds. The van der Waals surface area contributed by atoms with Crippen LogP contribution in [-0.2, 0) is 4.79 Å². The van der Waals surface area contributed by atoms with Crippen LogP contribution in [0.25, 0.3) is 6.08 Å². The van der Waals surface area contributed by atoms with Gasteiger partial charge in [0, 0.05) is 18.5 Å². The van der Waals surface area contributed by atoms with Crippen molar-refractivity contribution >= 4 is 12.0 Å². The highest BCUT2D eigenvalue weighted by Gasteiger charge is 2.07. The summed E-state index contributed by atoms with van der Waals surface area (Å²) in [5, 5.41) is 2.93. The van der Waals surface area contributed by atoms with Gasteiger partial charge in [-0.05, 0) is 49.2 Å². The van der Waals surface area contributed by atoms with Crippen molar-refractivity contribution in [3.63, 3.8) is 0 Å². The van der Waals surface area contributed by atoms with Crippen molar-refractivity contribution in [1.29, 1.82) is 0 Å². The highest BCUT2D eigenvalue weighted by atomic mass is 16.5. The van der Waals surface area contributed by atoms with Crippen LogP contribution in [0.2, 0.25) is 0 Å². The number of carbonyl (C=O) groups is 1. The highest BCUT2D eigenvalue weighted by molar-refractivity contribution is 5.91. The fourth-order valence-electron chi connectivity index (χ4n) is 2.01. The lowest BCUT2D eigenvalue weighted by atomic mass is 10.1. The Morgan fingerprint density at radius 1 is 1.32 bits per heavy atom. The van der Waals surface area contributed by atoms with Crippen molar-refractivity contribution in [3.8, 4) is 5.75 Å². The summed E-state index contributed by atoms with van der Waals surface area (Å²) >= 11 is 0. The molecule has 0 spiro atoms. The molecule has 0 saturated heterocycles. The van der Waals surface area contributed by atoms with Crippen molar-refractivity contribution in [2.45, 2.75) is 19.9 Å². The number of nitrogens with one attached hydrogen (secondary N) is 1. The van der Waals surface area contributed by atoms with E-state index in [2.05, 4.69) is 10.3 Å². The summed E-state index contributed by atoms with van der Waals surface area (Å²) in [7, 11) is 0. The lowest BCUT2D eigenvalue weighted by molar-refractivity contribution is -0.117. The third-order valence-electron chi connectivity index (χ3n) is 3.16. The normalized spacial score (nSPS) is 12.1. The van der Waals surface area contributed by atoms with Crippen LogP contribution in [0.5, 0.6) is 5.75 Å². The monoisotopic (exact) mass is 296 g/mol. The maximum Gasteiger partial charge on any atom is 0.244 e. The molecule has 1 aromatic heterocycles. The third kappa shape index (κ3) is 4.74. The first kappa shape index (κ1) is 15.8. The van der Waals surface area contributed by atoms with Gasteiger partial charge in [-0.3, -0.25) is 9.78 Å². The van der Waals surface area contributed by atoms with Gasteiger partial charge in [-0.2, -0.15) is 0 Å². The molecule has 0 saturated carbocycles. The van der Waals surface area contributed by atoms with Gasteiger partial charge in [-0.25, -0.2) is 0 Å². The van der Waals surface area contributed by atoms with Crippen molar-refractivity contribution in [3.05, 3.63) is 66.0 Å². The molecule has 1 unspecified atom stereocenters. The Hall–Kier alpha value is -2.62. The Bertz CT molecular complexity index is 621. The van der Waals surface area contributed by atoms with Crippen LogP contribution >= 0.6 is 0 Å². The van der Waals surface area contributed by atoms with Crippen LogP contribution in [0.3, 0.4) is 0 Å². The lowest BCUT2D eigenvalue weighted by Gasteiger charge is -2.13. The van der Waals surface area contributed by atoms with Gasteiger partial charge in [-0.1, -0.05) is 18.2 Å². The maximum atomic E-state index is 11.9. The van der Waals surface area contributed by atoms with Gasteiger partial charge < -0.3 is 10.1 Å².